The molecule has 1 aromatic carbocycles. The molecule has 0 atom stereocenters. The van der Waals surface area contributed by atoms with Gasteiger partial charge in [0.25, 0.3) is 0 Å². The van der Waals surface area contributed by atoms with Gasteiger partial charge in [0.15, 0.2) is 0 Å². The third-order valence-corrected chi connectivity index (χ3v) is 4.00. The number of rotatable bonds is 4. The number of benzene rings is 1. The zero-order valence-corrected chi connectivity index (χ0v) is 12.9. The van der Waals surface area contributed by atoms with Crippen LogP contribution in [0.3, 0.4) is 0 Å². The number of piperidine rings is 1. The van der Waals surface area contributed by atoms with Gasteiger partial charge in [-0.1, -0.05) is 41.9 Å². The van der Waals surface area contributed by atoms with E-state index < -0.39 is 0 Å². The summed E-state index contributed by atoms with van der Waals surface area (Å²) < 4.78 is 1.16. The van der Waals surface area contributed by atoms with Crippen molar-refractivity contribution in [3.63, 3.8) is 0 Å². The standard InChI is InChI=1S/C15H23BrN2/c1-12(2)17-15-7-9-18(10-8-15)11-13-3-5-14(16)6-4-13/h3-6,12,15,17H,7-11H2,1-2H3. The molecule has 0 amide bonds. The maximum absolute atomic E-state index is 3.64. The fourth-order valence-electron chi connectivity index (χ4n) is 2.58. The molecule has 0 bridgehead atoms. The Bertz CT molecular complexity index is 353. The summed E-state index contributed by atoms with van der Waals surface area (Å²) in [6, 6.07) is 10.00. The van der Waals surface area contributed by atoms with E-state index in [2.05, 4.69) is 64.3 Å². The van der Waals surface area contributed by atoms with Gasteiger partial charge >= 0.3 is 0 Å². The third-order valence-electron chi connectivity index (χ3n) is 3.48. The molecule has 1 N–H and O–H groups in total. The number of hydrogen-bond donors (Lipinski definition) is 1. The van der Waals surface area contributed by atoms with E-state index >= 15 is 0 Å². The van der Waals surface area contributed by atoms with Crippen molar-refractivity contribution in [3.8, 4) is 0 Å². The average molecular weight is 311 g/mol. The predicted octanol–water partition coefficient (Wildman–Crippen LogP) is 3.41. The van der Waals surface area contributed by atoms with Gasteiger partial charge in [0.2, 0.25) is 0 Å². The number of likely N-dealkylation sites (tertiary alicyclic amines) is 1. The van der Waals surface area contributed by atoms with E-state index in [0.29, 0.717) is 12.1 Å². The topological polar surface area (TPSA) is 15.3 Å². The molecule has 0 spiro atoms. The molecule has 18 heavy (non-hydrogen) atoms. The van der Waals surface area contributed by atoms with Crippen LogP contribution in [0.5, 0.6) is 0 Å². The SMILES string of the molecule is CC(C)NC1CCN(Cc2ccc(Br)cc2)CC1. The zero-order valence-electron chi connectivity index (χ0n) is 11.3. The van der Waals surface area contributed by atoms with E-state index in [4.69, 9.17) is 0 Å². The molecule has 2 nitrogen and oxygen atoms in total. The lowest BCUT2D eigenvalue weighted by molar-refractivity contribution is 0.186. The molecule has 0 radical (unpaired) electrons. The Morgan fingerprint density at radius 3 is 2.39 bits per heavy atom. The summed E-state index contributed by atoms with van der Waals surface area (Å²) in [5.74, 6) is 0. The fourth-order valence-corrected chi connectivity index (χ4v) is 2.84. The van der Waals surface area contributed by atoms with Crippen LogP contribution in [0.4, 0.5) is 0 Å². The predicted molar refractivity (Wildman–Crippen MR) is 80.7 cm³/mol. The van der Waals surface area contributed by atoms with Crippen LogP contribution >= 0.6 is 15.9 Å². The van der Waals surface area contributed by atoms with Gasteiger partial charge in [-0.05, 0) is 43.6 Å². The van der Waals surface area contributed by atoms with Crippen molar-refractivity contribution in [2.45, 2.75) is 45.3 Å². The normalized spacial score (nSPS) is 18.4. The summed E-state index contributed by atoms with van der Waals surface area (Å²) in [6.07, 6.45) is 2.55. The fraction of sp³-hybridized carbons (Fsp3) is 0.600. The van der Waals surface area contributed by atoms with Gasteiger partial charge in [0, 0.05) is 23.1 Å². The molecule has 1 aromatic rings. The first-order chi connectivity index (χ1) is 8.63. The second-order valence-corrected chi connectivity index (χ2v) is 6.41. The maximum atomic E-state index is 3.64. The molecule has 100 valence electrons. The van der Waals surface area contributed by atoms with Crippen LogP contribution in [0.2, 0.25) is 0 Å². The maximum Gasteiger partial charge on any atom is 0.0233 e. The van der Waals surface area contributed by atoms with E-state index in [-0.39, 0.29) is 0 Å². The zero-order chi connectivity index (χ0) is 13.0. The summed E-state index contributed by atoms with van der Waals surface area (Å²) in [5, 5.41) is 3.64. The highest BCUT2D eigenvalue weighted by molar-refractivity contribution is 9.10. The van der Waals surface area contributed by atoms with Crippen molar-refractivity contribution in [3.05, 3.63) is 34.3 Å². The minimum Gasteiger partial charge on any atom is -0.312 e. The molecule has 2 rings (SSSR count). The van der Waals surface area contributed by atoms with Crippen molar-refractivity contribution in [2.24, 2.45) is 0 Å². The Hall–Kier alpha value is -0.380. The lowest BCUT2D eigenvalue weighted by Crippen LogP contribution is -2.44. The van der Waals surface area contributed by atoms with Crippen LogP contribution < -0.4 is 5.32 Å². The number of nitrogens with one attached hydrogen (secondary N) is 1. The van der Waals surface area contributed by atoms with Crippen LogP contribution in [-0.4, -0.2) is 30.1 Å². The minimum atomic E-state index is 0.605. The molecule has 1 aliphatic heterocycles. The first-order valence-corrected chi connectivity index (χ1v) is 7.65. The largest absolute Gasteiger partial charge is 0.312 e. The average Bonchev–Trinajstić information content (AvgIpc) is 2.34. The Balaban J connectivity index is 1.78. The monoisotopic (exact) mass is 310 g/mol. The van der Waals surface area contributed by atoms with E-state index in [1.165, 1.54) is 31.5 Å². The Morgan fingerprint density at radius 1 is 1.22 bits per heavy atom. The second-order valence-electron chi connectivity index (χ2n) is 5.50. The molecule has 0 unspecified atom stereocenters. The van der Waals surface area contributed by atoms with Gasteiger partial charge in [0.1, 0.15) is 0 Å². The van der Waals surface area contributed by atoms with Crippen molar-refractivity contribution in [1.82, 2.24) is 10.2 Å². The number of halogens is 1. The highest BCUT2D eigenvalue weighted by Gasteiger charge is 2.19. The molecule has 1 fully saturated rings. The molecule has 0 saturated carbocycles. The Labute approximate surface area is 119 Å². The van der Waals surface area contributed by atoms with Crippen LogP contribution in [0.25, 0.3) is 0 Å². The lowest BCUT2D eigenvalue weighted by atomic mass is 10.0. The van der Waals surface area contributed by atoms with Crippen LogP contribution in [0.15, 0.2) is 28.7 Å². The van der Waals surface area contributed by atoms with Gasteiger partial charge in [-0.3, -0.25) is 4.90 Å². The first kappa shape index (κ1) is 14.0. The molecule has 1 heterocycles. The van der Waals surface area contributed by atoms with E-state index in [1.54, 1.807) is 0 Å². The molecule has 1 saturated heterocycles. The number of nitrogens with zero attached hydrogens (tertiary/aromatic N) is 1. The molecule has 0 aliphatic carbocycles. The summed E-state index contributed by atoms with van der Waals surface area (Å²) in [7, 11) is 0. The molecule has 0 aromatic heterocycles. The summed E-state index contributed by atoms with van der Waals surface area (Å²) in [4.78, 5) is 2.56. The van der Waals surface area contributed by atoms with Gasteiger partial charge in [-0.2, -0.15) is 0 Å². The highest BCUT2D eigenvalue weighted by Crippen LogP contribution is 2.16. The Morgan fingerprint density at radius 2 is 1.83 bits per heavy atom. The van der Waals surface area contributed by atoms with E-state index in [1.807, 2.05) is 0 Å². The molecular formula is C15H23BrN2. The van der Waals surface area contributed by atoms with Crippen molar-refractivity contribution in [1.29, 1.82) is 0 Å². The highest BCUT2D eigenvalue weighted by atomic mass is 79.9. The second kappa shape index (κ2) is 6.69. The van der Waals surface area contributed by atoms with Gasteiger partial charge in [-0.15, -0.1) is 0 Å². The van der Waals surface area contributed by atoms with Crippen molar-refractivity contribution in [2.75, 3.05) is 13.1 Å². The molecular weight excluding hydrogens is 288 g/mol. The van der Waals surface area contributed by atoms with Crippen LogP contribution in [0, 0.1) is 0 Å². The van der Waals surface area contributed by atoms with Gasteiger partial charge in [0.05, 0.1) is 0 Å². The smallest absolute Gasteiger partial charge is 0.0233 e. The minimum absolute atomic E-state index is 0.605. The summed E-state index contributed by atoms with van der Waals surface area (Å²) >= 11 is 3.48. The van der Waals surface area contributed by atoms with Crippen LogP contribution in [0.1, 0.15) is 32.3 Å². The Kier molecular flexibility index (Phi) is 5.22. The number of hydrogen-bond acceptors (Lipinski definition) is 2. The summed E-state index contributed by atoms with van der Waals surface area (Å²) in [5.41, 5.74) is 1.41. The quantitative estimate of drug-likeness (QED) is 0.917. The van der Waals surface area contributed by atoms with Crippen molar-refractivity contribution >= 4 is 15.9 Å². The van der Waals surface area contributed by atoms with Crippen LogP contribution in [-0.2, 0) is 6.54 Å². The van der Waals surface area contributed by atoms with Gasteiger partial charge in [-0.25, -0.2) is 0 Å². The van der Waals surface area contributed by atoms with E-state index in [0.717, 1.165) is 11.0 Å². The first-order valence-electron chi connectivity index (χ1n) is 6.86. The molecule has 1 aliphatic rings. The van der Waals surface area contributed by atoms with E-state index in [9.17, 15) is 0 Å². The van der Waals surface area contributed by atoms with Gasteiger partial charge < -0.3 is 5.32 Å². The summed E-state index contributed by atoms with van der Waals surface area (Å²) in [6.45, 7) is 7.96. The van der Waals surface area contributed by atoms with Crippen molar-refractivity contribution < 1.29 is 0 Å². The third kappa shape index (κ3) is 4.38. The lowest BCUT2D eigenvalue weighted by Gasteiger charge is -2.33. The molecule has 3 heteroatoms.